The standard InChI is InChI=1S/C39H34FN3O6S/c1-47-33-24-35(49-3)34(48-2)23-27(33)22-32(43-37(44)26-12-8-5-9-13-26)38(45)41-30-18-20-31(21-19-30)50-36(25-10-6-4-7-11-25)39(46)42-29-16-14-28(40)15-17-29/h4-24,36H,1-3H3,(H,41,45)(H,42,46)(H,43,44)/b32-22-. The van der Waals surface area contributed by atoms with E-state index in [9.17, 15) is 18.8 Å². The van der Waals surface area contributed by atoms with Crippen LogP contribution in [-0.2, 0) is 9.59 Å². The number of hydrogen-bond acceptors (Lipinski definition) is 7. The van der Waals surface area contributed by atoms with Crippen LogP contribution in [0.4, 0.5) is 15.8 Å². The second-order valence-electron chi connectivity index (χ2n) is 10.7. The molecule has 0 aliphatic heterocycles. The van der Waals surface area contributed by atoms with Crippen LogP contribution in [0.5, 0.6) is 17.2 Å². The molecule has 0 fully saturated rings. The van der Waals surface area contributed by atoms with Gasteiger partial charge in [-0.3, -0.25) is 14.4 Å². The highest BCUT2D eigenvalue weighted by atomic mass is 32.2. The zero-order chi connectivity index (χ0) is 35.5. The average molecular weight is 692 g/mol. The van der Waals surface area contributed by atoms with Gasteiger partial charge in [-0.15, -0.1) is 11.8 Å². The van der Waals surface area contributed by atoms with Gasteiger partial charge in [0.2, 0.25) is 5.91 Å². The van der Waals surface area contributed by atoms with Gasteiger partial charge >= 0.3 is 0 Å². The molecule has 50 heavy (non-hydrogen) atoms. The monoisotopic (exact) mass is 691 g/mol. The molecule has 5 rings (SSSR count). The van der Waals surface area contributed by atoms with Crippen molar-refractivity contribution in [2.45, 2.75) is 10.1 Å². The molecule has 0 aliphatic carbocycles. The molecule has 0 aromatic heterocycles. The topological polar surface area (TPSA) is 115 Å². The maximum atomic E-state index is 13.7. The fourth-order valence-electron chi connectivity index (χ4n) is 4.86. The van der Waals surface area contributed by atoms with E-state index in [1.165, 1.54) is 63.4 Å². The molecule has 0 saturated carbocycles. The number of nitrogens with one attached hydrogen (secondary N) is 3. The number of hydrogen-bond donors (Lipinski definition) is 3. The number of amides is 3. The van der Waals surface area contributed by atoms with Crippen molar-refractivity contribution in [1.29, 1.82) is 0 Å². The molecule has 9 nitrogen and oxygen atoms in total. The third-order valence-electron chi connectivity index (χ3n) is 7.38. The molecule has 3 N–H and O–H groups in total. The number of carbonyl (C=O) groups excluding carboxylic acids is 3. The maximum Gasteiger partial charge on any atom is 0.272 e. The van der Waals surface area contributed by atoms with Crippen LogP contribution in [0.15, 0.2) is 132 Å². The molecule has 1 unspecified atom stereocenters. The summed E-state index contributed by atoms with van der Waals surface area (Å²) in [4.78, 5) is 41.1. The Balaban J connectivity index is 1.38. The molecule has 5 aromatic carbocycles. The number of thioether (sulfide) groups is 1. The summed E-state index contributed by atoms with van der Waals surface area (Å²) in [5, 5.41) is 7.80. The zero-order valence-corrected chi connectivity index (χ0v) is 28.3. The van der Waals surface area contributed by atoms with Crippen molar-refractivity contribution in [2.24, 2.45) is 0 Å². The minimum Gasteiger partial charge on any atom is -0.496 e. The predicted molar refractivity (Wildman–Crippen MR) is 193 cm³/mol. The van der Waals surface area contributed by atoms with Crippen LogP contribution in [0, 0.1) is 5.82 Å². The van der Waals surface area contributed by atoms with Crippen LogP contribution < -0.4 is 30.2 Å². The first-order valence-electron chi connectivity index (χ1n) is 15.4. The molecule has 254 valence electrons. The van der Waals surface area contributed by atoms with Crippen molar-refractivity contribution < 1.29 is 33.0 Å². The summed E-state index contributed by atoms with van der Waals surface area (Å²) in [7, 11) is 4.47. The average Bonchev–Trinajstić information content (AvgIpc) is 3.15. The fourth-order valence-corrected chi connectivity index (χ4v) is 5.88. The molecular weight excluding hydrogens is 658 g/mol. The van der Waals surface area contributed by atoms with E-state index in [2.05, 4.69) is 16.0 Å². The van der Waals surface area contributed by atoms with Crippen molar-refractivity contribution in [3.63, 3.8) is 0 Å². The zero-order valence-electron chi connectivity index (χ0n) is 27.4. The van der Waals surface area contributed by atoms with Gasteiger partial charge in [0, 0.05) is 33.5 Å². The summed E-state index contributed by atoms with van der Waals surface area (Å²) in [6.07, 6.45) is 1.49. The van der Waals surface area contributed by atoms with Crippen molar-refractivity contribution >= 4 is 46.9 Å². The van der Waals surface area contributed by atoms with Crippen molar-refractivity contribution in [2.75, 3.05) is 32.0 Å². The van der Waals surface area contributed by atoms with Crippen LogP contribution >= 0.6 is 11.8 Å². The highest BCUT2D eigenvalue weighted by molar-refractivity contribution is 8.00. The van der Waals surface area contributed by atoms with Crippen LogP contribution in [0.2, 0.25) is 0 Å². The molecule has 5 aromatic rings. The maximum absolute atomic E-state index is 13.7. The molecule has 3 amide bonds. The molecular formula is C39H34FN3O6S. The Labute approximate surface area is 293 Å². The number of halogens is 1. The quantitative estimate of drug-likeness (QED) is 0.0855. The molecule has 0 heterocycles. The Morgan fingerprint density at radius 3 is 1.86 bits per heavy atom. The van der Waals surface area contributed by atoms with Gasteiger partial charge in [0.15, 0.2) is 11.5 Å². The number of carbonyl (C=O) groups is 3. The van der Waals surface area contributed by atoms with Crippen molar-refractivity contribution in [3.05, 3.63) is 150 Å². The first-order chi connectivity index (χ1) is 24.3. The number of ether oxygens (including phenoxy) is 3. The Bertz CT molecular complexity index is 1970. The SMILES string of the molecule is COc1cc(OC)c(OC)cc1/C=C(\NC(=O)c1ccccc1)C(=O)Nc1ccc(SC(C(=O)Nc2ccc(F)cc2)c2ccccc2)cc1. The Morgan fingerprint density at radius 2 is 1.24 bits per heavy atom. The van der Waals surface area contributed by atoms with Gasteiger partial charge in [-0.25, -0.2) is 4.39 Å². The van der Waals surface area contributed by atoms with E-state index in [1.54, 1.807) is 66.7 Å². The van der Waals surface area contributed by atoms with Crippen LogP contribution in [0.3, 0.4) is 0 Å². The van der Waals surface area contributed by atoms with Gasteiger partial charge in [-0.2, -0.15) is 0 Å². The summed E-state index contributed by atoms with van der Waals surface area (Å²) in [5.41, 5.74) is 2.48. The van der Waals surface area contributed by atoms with E-state index in [0.29, 0.717) is 39.8 Å². The minimum atomic E-state index is -0.624. The lowest BCUT2D eigenvalue weighted by Crippen LogP contribution is -2.30. The lowest BCUT2D eigenvalue weighted by molar-refractivity contribution is -0.116. The highest BCUT2D eigenvalue weighted by Crippen LogP contribution is 2.38. The van der Waals surface area contributed by atoms with Crippen LogP contribution in [0.25, 0.3) is 6.08 Å². The molecule has 0 bridgehead atoms. The third kappa shape index (κ3) is 9.09. The summed E-state index contributed by atoms with van der Waals surface area (Å²) < 4.78 is 29.8. The Kier molecular flexibility index (Phi) is 11.9. The first-order valence-corrected chi connectivity index (χ1v) is 16.2. The van der Waals surface area contributed by atoms with E-state index in [4.69, 9.17) is 14.2 Å². The largest absolute Gasteiger partial charge is 0.496 e. The number of anilines is 2. The molecule has 11 heteroatoms. The van der Waals surface area contributed by atoms with Gasteiger partial charge in [0.1, 0.15) is 22.5 Å². The van der Waals surface area contributed by atoms with Crippen molar-refractivity contribution in [1.82, 2.24) is 5.32 Å². The number of rotatable bonds is 13. The molecule has 0 spiro atoms. The van der Waals surface area contributed by atoms with Crippen LogP contribution in [-0.4, -0.2) is 39.1 Å². The van der Waals surface area contributed by atoms with E-state index < -0.39 is 22.9 Å². The van der Waals surface area contributed by atoms with Crippen LogP contribution in [0.1, 0.15) is 26.7 Å². The lowest BCUT2D eigenvalue weighted by atomic mass is 10.1. The van der Waals surface area contributed by atoms with Crippen molar-refractivity contribution in [3.8, 4) is 17.2 Å². The predicted octanol–water partition coefficient (Wildman–Crippen LogP) is 7.73. The number of methoxy groups -OCH3 is 3. The van der Waals surface area contributed by atoms with Gasteiger partial charge in [-0.1, -0.05) is 48.5 Å². The number of benzene rings is 5. The second-order valence-corrected chi connectivity index (χ2v) is 11.9. The fraction of sp³-hybridized carbons (Fsp3) is 0.103. The molecule has 0 aliphatic rings. The lowest BCUT2D eigenvalue weighted by Gasteiger charge is -2.18. The van der Waals surface area contributed by atoms with E-state index in [-0.39, 0.29) is 11.6 Å². The van der Waals surface area contributed by atoms with E-state index in [0.717, 1.165) is 10.5 Å². The third-order valence-corrected chi connectivity index (χ3v) is 8.65. The molecule has 0 saturated heterocycles. The van der Waals surface area contributed by atoms with E-state index >= 15 is 0 Å². The van der Waals surface area contributed by atoms with Gasteiger partial charge in [0.05, 0.1) is 21.3 Å². The smallest absolute Gasteiger partial charge is 0.272 e. The van der Waals surface area contributed by atoms with Gasteiger partial charge in [0.25, 0.3) is 11.8 Å². The normalized spacial score (nSPS) is 11.6. The summed E-state index contributed by atoms with van der Waals surface area (Å²) in [5.74, 6) is -0.523. The molecule has 0 radical (unpaired) electrons. The summed E-state index contributed by atoms with van der Waals surface area (Å²) in [6.45, 7) is 0. The Morgan fingerprint density at radius 1 is 0.680 bits per heavy atom. The van der Waals surface area contributed by atoms with E-state index in [1.807, 2.05) is 30.3 Å². The first kappa shape index (κ1) is 35.2. The second kappa shape index (κ2) is 16.8. The highest BCUT2D eigenvalue weighted by Gasteiger charge is 2.23. The summed E-state index contributed by atoms with van der Waals surface area (Å²) >= 11 is 1.32. The minimum absolute atomic E-state index is 0.0515. The molecule has 1 atom stereocenters. The van der Waals surface area contributed by atoms with Gasteiger partial charge < -0.3 is 30.2 Å². The summed E-state index contributed by atoms with van der Waals surface area (Å²) in [6, 6.07) is 33.6. The van der Waals surface area contributed by atoms with Gasteiger partial charge in [-0.05, 0) is 78.4 Å². The Hall–Kier alpha value is -6.07.